The average Bonchev–Trinajstić information content (AvgIpc) is 2.71. The summed E-state index contributed by atoms with van der Waals surface area (Å²) in [5.41, 5.74) is 3.05. The molecule has 0 bridgehead atoms. The van der Waals surface area contributed by atoms with Gasteiger partial charge in [-0.3, -0.25) is 9.59 Å². The van der Waals surface area contributed by atoms with Crippen LogP contribution in [0.2, 0.25) is 0 Å². The van der Waals surface area contributed by atoms with E-state index in [0.29, 0.717) is 17.0 Å². The van der Waals surface area contributed by atoms with Crippen LogP contribution in [-0.4, -0.2) is 24.0 Å². The molecule has 1 saturated carbocycles. The third-order valence-corrected chi connectivity index (χ3v) is 5.88. The SMILES string of the molecule is Cc1cc(Br)cc(C)c1OC(C)C(=O)Nc1cccc(C(=O)NC2CCCCC2)c1. The number of rotatable bonds is 6. The fraction of sp³-hybridized carbons (Fsp3) is 0.417. The van der Waals surface area contributed by atoms with E-state index in [2.05, 4.69) is 26.6 Å². The molecule has 0 radical (unpaired) electrons. The lowest BCUT2D eigenvalue weighted by atomic mass is 9.95. The topological polar surface area (TPSA) is 67.4 Å². The molecule has 1 unspecified atom stereocenters. The summed E-state index contributed by atoms with van der Waals surface area (Å²) in [6, 6.07) is 11.2. The van der Waals surface area contributed by atoms with Gasteiger partial charge < -0.3 is 15.4 Å². The van der Waals surface area contributed by atoms with Gasteiger partial charge in [0.2, 0.25) is 0 Å². The molecule has 2 aromatic rings. The Hall–Kier alpha value is -2.34. The summed E-state index contributed by atoms with van der Waals surface area (Å²) in [6.45, 7) is 5.62. The minimum atomic E-state index is -0.678. The Bertz CT molecular complexity index is 899. The Morgan fingerprint density at radius 3 is 2.40 bits per heavy atom. The molecule has 1 fully saturated rings. The number of carbonyl (C=O) groups excluding carboxylic acids is 2. The first-order valence-electron chi connectivity index (χ1n) is 10.5. The lowest BCUT2D eigenvalue weighted by Crippen LogP contribution is -2.36. The molecule has 2 amide bonds. The first-order chi connectivity index (χ1) is 14.3. The van der Waals surface area contributed by atoms with Crippen molar-refractivity contribution in [2.24, 2.45) is 0 Å². The molecule has 1 aliphatic carbocycles. The molecule has 0 spiro atoms. The highest BCUT2D eigenvalue weighted by molar-refractivity contribution is 9.10. The summed E-state index contributed by atoms with van der Waals surface area (Å²) in [4.78, 5) is 25.2. The van der Waals surface area contributed by atoms with E-state index in [9.17, 15) is 9.59 Å². The molecule has 30 heavy (non-hydrogen) atoms. The van der Waals surface area contributed by atoms with Crippen molar-refractivity contribution in [1.29, 1.82) is 0 Å². The zero-order chi connectivity index (χ0) is 21.7. The molecule has 3 rings (SSSR count). The van der Waals surface area contributed by atoms with Crippen LogP contribution in [0.5, 0.6) is 5.75 Å². The number of halogens is 1. The summed E-state index contributed by atoms with van der Waals surface area (Å²) in [7, 11) is 0. The molecule has 0 aromatic heterocycles. The van der Waals surface area contributed by atoms with E-state index in [1.165, 1.54) is 6.42 Å². The maximum Gasteiger partial charge on any atom is 0.265 e. The predicted molar refractivity (Wildman–Crippen MR) is 123 cm³/mol. The van der Waals surface area contributed by atoms with Gasteiger partial charge in [-0.25, -0.2) is 0 Å². The molecule has 0 heterocycles. The van der Waals surface area contributed by atoms with Gasteiger partial charge in [0.25, 0.3) is 11.8 Å². The van der Waals surface area contributed by atoms with E-state index in [4.69, 9.17) is 4.74 Å². The van der Waals surface area contributed by atoms with E-state index in [1.54, 1.807) is 31.2 Å². The van der Waals surface area contributed by atoms with Gasteiger partial charge in [0.1, 0.15) is 5.75 Å². The van der Waals surface area contributed by atoms with E-state index >= 15 is 0 Å². The van der Waals surface area contributed by atoms with E-state index in [1.807, 2.05) is 26.0 Å². The second-order valence-corrected chi connectivity index (χ2v) is 8.92. The van der Waals surface area contributed by atoms with E-state index in [-0.39, 0.29) is 17.9 Å². The Morgan fingerprint density at radius 2 is 1.73 bits per heavy atom. The van der Waals surface area contributed by atoms with Crippen molar-refractivity contribution in [1.82, 2.24) is 5.32 Å². The average molecular weight is 473 g/mol. The summed E-state index contributed by atoms with van der Waals surface area (Å²) >= 11 is 3.47. The molecule has 0 aliphatic heterocycles. The first-order valence-corrected chi connectivity index (χ1v) is 11.3. The largest absolute Gasteiger partial charge is 0.480 e. The minimum Gasteiger partial charge on any atom is -0.480 e. The Balaban J connectivity index is 1.62. The number of hydrogen-bond acceptors (Lipinski definition) is 3. The van der Waals surface area contributed by atoms with Crippen LogP contribution in [0.4, 0.5) is 5.69 Å². The smallest absolute Gasteiger partial charge is 0.265 e. The van der Waals surface area contributed by atoms with Gasteiger partial charge in [-0.15, -0.1) is 0 Å². The Kier molecular flexibility index (Phi) is 7.53. The Labute approximate surface area is 186 Å². The number of ether oxygens (including phenoxy) is 1. The molecular formula is C24H29BrN2O3. The number of nitrogens with one attached hydrogen (secondary N) is 2. The molecule has 2 aromatic carbocycles. The fourth-order valence-corrected chi connectivity index (χ4v) is 4.50. The van der Waals surface area contributed by atoms with Gasteiger partial charge in [0, 0.05) is 21.8 Å². The number of carbonyl (C=O) groups is 2. The number of benzene rings is 2. The number of hydrogen-bond donors (Lipinski definition) is 2. The van der Waals surface area contributed by atoms with Gasteiger partial charge in [-0.05, 0) is 75.1 Å². The molecular weight excluding hydrogens is 444 g/mol. The summed E-state index contributed by atoms with van der Waals surface area (Å²) < 4.78 is 6.91. The lowest BCUT2D eigenvalue weighted by Gasteiger charge is -2.23. The molecule has 6 heteroatoms. The van der Waals surface area contributed by atoms with Crippen LogP contribution in [0.3, 0.4) is 0 Å². The summed E-state index contributed by atoms with van der Waals surface area (Å²) in [5.74, 6) is 0.353. The monoisotopic (exact) mass is 472 g/mol. The third-order valence-electron chi connectivity index (χ3n) is 5.42. The van der Waals surface area contributed by atoms with Crippen LogP contribution < -0.4 is 15.4 Å². The van der Waals surface area contributed by atoms with Gasteiger partial charge in [-0.2, -0.15) is 0 Å². The molecule has 1 atom stereocenters. The quantitative estimate of drug-likeness (QED) is 0.580. The minimum absolute atomic E-state index is 0.0941. The second-order valence-electron chi connectivity index (χ2n) is 8.01. The van der Waals surface area contributed by atoms with Crippen LogP contribution in [0, 0.1) is 13.8 Å². The summed E-state index contributed by atoms with van der Waals surface area (Å²) in [6.07, 6.45) is 4.96. The van der Waals surface area contributed by atoms with Gasteiger partial charge in [-0.1, -0.05) is 41.3 Å². The number of anilines is 1. The van der Waals surface area contributed by atoms with Gasteiger partial charge >= 0.3 is 0 Å². The van der Waals surface area contributed by atoms with Crippen molar-refractivity contribution in [2.45, 2.75) is 65.0 Å². The second kappa shape index (κ2) is 10.1. The summed E-state index contributed by atoms with van der Waals surface area (Å²) in [5, 5.41) is 5.97. The highest BCUT2D eigenvalue weighted by atomic mass is 79.9. The van der Waals surface area contributed by atoms with Crippen molar-refractivity contribution >= 4 is 33.4 Å². The highest BCUT2D eigenvalue weighted by Crippen LogP contribution is 2.28. The van der Waals surface area contributed by atoms with Gasteiger partial charge in [0.05, 0.1) is 0 Å². The van der Waals surface area contributed by atoms with Crippen LogP contribution in [0.25, 0.3) is 0 Å². The van der Waals surface area contributed by atoms with Crippen molar-refractivity contribution in [3.8, 4) is 5.75 Å². The van der Waals surface area contributed by atoms with Gasteiger partial charge in [0.15, 0.2) is 6.10 Å². The molecule has 160 valence electrons. The van der Waals surface area contributed by atoms with Crippen molar-refractivity contribution in [3.05, 3.63) is 57.6 Å². The van der Waals surface area contributed by atoms with Crippen LogP contribution in [-0.2, 0) is 4.79 Å². The zero-order valence-corrected chi connectivity index (χ0v) is 19.3. The van der Waals surface area contributed by atoms with Crippen LogP contribution >= 0.6 is 15.9 Å². The zero-order valence-electron chi connectivity index (χ0n) is 17.8. The molecule has 2 N–H and O–H groups in total. The Morgan fingerprint density at radius 1 is 1.07 bits per heavy atom. The van der Waals surface area contributed by atoms with Crippen molar-refractivity contribution in [2.75, 3.05) is 5.32 Å². The van der Waals surface area contributed by atoms with Crippen LogP contribution in [0.1, 0.15) is 60.5 Å². The standard InChI is InChI=1S/C24H29BrN2O3/c1-15-12-19(25)13-16(2)22(15)30-17(3)23(28)27-21-11-7-8-18(14-21)24(29)26-20-9-5-4-6-10-20/h7-8,11-14,17,20H,4-6,9-10H2,1-3H3,(H,26,29)(H,27,28). The molecule has 5 nitrogen and oxygen atoms in total. The first kappa shape index (κ1) is 22.3. The predicted octanol–water partition coefficient (Wildman–Crippen LogP) is 5.53. The molecule has 1 aliphatic rings. The highest BCUT2D eigenvalue weighted by Gasteiger charge is 2.19. The maximum absolute atomic E-state index is 12.7. The van der Waals surface area contributed by atoms with Crippen LogP contribution in [0.15, 0.2) is 40.9 Å². The number of aryl methyl sites for hydroxylation is 2. The van der Waals surface area contributed by atoms with E-state index < -0.39 is 6.10 Å². The van der Waals surface area contributed by atoms with E-state index in [0.717, 1.165) is 41.3 Å². The fourth-order valence-electron chi connectivity index (χ4n) is 3.81. The number of amides is 2. The van der Waals surface area contributed by atoms with Crippen molar-refractivity contribution in [3.63, 3.8) is 0 Å². The molecule has 0 saturated heterocycles. The van der Waals surface area contributed by atoms with Crippen molar-refractivity contribution < 1.29 is 14.3 Å². The maximum atomic E-state index is 12.7. The third kappa shape index (κ3) is 5.85. The lowest BCUT2D eigenvalue weighted by molar-refractivity contribution is -0.122. The normalized spacial score (nSPS) is 15.3.